The second-order valence-electron chi connectivity index (χ2n) is 7.21. The highest BCUT2D eigenvalue weighted by Crippen LogP contribution is 2.40. The molecule has 0 aromatic heterocycles. The van der Waals surface area contributed by atoms with Crippen LogP contribution >= 0.6 is 0 Å². The van der Waals surface area contributed by atoms with Crippen molar-refractivity contribution in [3.63, 3.8) is 0 Å². The van der Waals surface area contributed by atoms with E-state index in [1.165, 1.54) is 4.90 Å². The van der Waals surface area contributed by atoms with Crippen LogP contribution in [0, 0.1) is 5.92 Å². The minimum atomic E-state index is -1.03. The Kier molecular flexibility index (Phi) is 6.77. The maximum atomic E-state index is 12.9. The molecule has 1 fully saturated rings. The number of rotatable bonds is 8. The monoisotopic (exact) mass is 407 g/mol. The molecule has 0 radical (unpaired) electrons. The van der Waals surface area contributed by atoms with Crippen LogP contribution in [-0.2, 0) is 19.1 Å². The van der Waals surface area contributed by atoms with Crippen molar-refractivity contribution in [1.82, 2.24) is 0 Å². The SMILES string of the molecule is CCCCC(=O)C1C(=O)C(=O)N(c2ccc(C(=O)OCC)cc2)C1c1ccccc1. The summed E-state index contributed by atoms with van der Waals surface area (Å²) >= 11 is 0. The maximum absolute atomic E-state index is 12.9. The summed E-state index contributed by atoms with van der Waals surface area (Å²) in [6.07, 6.45) is 1.77. The first-order valence-corrected chi connectivity index (χ1v) is 10.2. The molecule has 0 bridgehead atoms. The lowest BCUT2D eigenvalue weighted by atomic mass is 9.87. The van der Waals surface area contributed by atoms with Crippen molar-refractivity contribution in [1.29, 1.82) is 0 Å². The molecular formula is C24H25NO5. The first-order valence-electron chi connectivity index (χ1n) is 10.2. The number of benzene rings is 2. The van der Waals surface area contributed by atoms with E-state index in [4.69, 9.17) is 4.74 Å². The van der Waals surface area contributed by atoms with Gasteiger partial charge in [-0.05, 0) is 43.2 Å². The zero-order valence-corrected chi connectivity index (χ0v) is 17.2. The van der Waals surface area contributed by atoms with Gasteiger partial charge in [-0.2, -0.15) is 0 Å². The number of ether oxygens (including phenoxy) is 1. The van der Waals surface area contributed by atoms with Gasteiger partial charge in [0, 0.05) is 12.1 Å². The first-order chi connectivity index (χ1) is 14.5. The lowest BCUT2D eigenvalue weighted by Crippen LogP contribution is -2.30. The van der Waals surface area contributed by atoms with Gasteiger partial charge in [0.25, 0.3) is 5.91 Å². The van der Waals surface area contributed by atoms with E-state index in [1.807, 2.05) is 37.3 Å². The Balaban J connectivity index is 2.01. The van der Waals surface area contributed by atoms with Crippen LogP contribution in [0.3, 0.4) is 0 Å². The molecule has 1 aliphatic rings. The van der Waals surface area contributed by atoms with Crippen LogP contribution in [0.2, 0.25) is 0 Å². The Bertz CT molecular complexity index is 936. The number of unbranched alkanes of at least 4 members (excludes halogenated alkanes) is 1. The lowest BCUT2D eigenvalue weighted by molar-refractivity contribution is -0.139. The third kappa shape index (κ3) is 4.17. The highest BCUT2D eigenvalue weighted by molar-refractivity contribution is 6.48. The molecule has 1 amide bonds. The van der Waals surface area contributed by atoms with Crippen LogP contribution in [0.4, 0.5) is 5.69 Å². The average molecular weight is 407 g/mol. The van der Waals surface area contributed by atoms with Gasteiger partial charge in [0.05, 0.1) is 18.2 Å². The van der Waals surface area contributed by atoms with Gasteiger partial charge in [0.15, 0.2) is 0 Å². The molecule has 6 heteroatoms. The molecule has 1 heterocycles. The third-order valence-electron chi connectivity index (χ3n) is 5.23. The van der Waals surface area contributed by atoms with Gasteiger partial charge in [-0.25, -0.2) is 4.79 Å². The van der Waals surface area contributed by atoms with Gasteiger partial charge in [-0.1, -0.05) is 43.7 Å². The van der Waals surface area contributed by atoms with E-state index in [9.17, 15) is 19.2 Å². The van der Waals surface area contributed by atoms with Crippen molar-refractivity contribution in [3.8, 4) is 0 Å². The predicted molar refractivity (Wildman–Crippen MR) is 112 cm³/mol. The van der Waals surface area contributed by atoms with Gasteiger partial charge >= 0.3 is 5.97 Å². The number of Topliss-reactive ketones (excluding diaryl/α,β-unsaturated/α-hetero) is 2. The van der Waals surface area contributed by atoms with Crippen molar-refractivity contribution in [2.24, 2.45) is 5.92 Å². The van der Waals surface area contributed by atoms with Crippen molar-refractivity contribution in [2.45, 2.75) is 39.2 Å². The van der Waals surface area contributed by atoms with E-state index >= 15 is 0 Å². The molecule has 3 rings (SSSR count). The molecular weight excluding hydrogens is 382 g/mol. The van der Waals surface area contributed by atoms with Crippen LogP contribution in [0.5, 0.6) is 0 Å². The zero-order chi connectivity index (χ0) is 21.7. The summed E-state index contributed by atoms with van der Waals surface area (Å²) < 4.78 is 4.99. The van der Waals surface area contributed by atoms with Crippen molar-refractivity contribution >= 4 is 29.1 Å². The molecule has 0 N–H and O–H groups in total. The summed E-state index contributed by atoms with van der Waals surface area (Å²) in [4.78, 5) is 52.0. The number of hydrogen-bond acceptors (Lipinski definition) is 5. The van der Waals surface area contributed by atoms with Gasteiger partial charge in [0.2, 0.25) is 5.78 Å². The Morgan fingerprint density at radius 3 is 2.23 bits per heavy atom. The number of hydrogen-bond donors (Lipinski definition) is 0. The highest BCUT2D eigenvalue weighted by Gasteiger charge is 2.51. The third-order valence-corrected chi connectivity index (χ3v) is 5.23. The fourth-order valence-electron chi connectivity index (χ4n) is 3.74. The van der Waals surface area contributed by atoms with Gasteiger partial charge < -0.3 is 4.74 Å². The van der Waals surface area contributed by atoms with Gasteiger partial charge in [0.1, 0.15) is 11.7 Å². The van der Waals surface area contributed by atoms with Crippen molar-refractivity contribution in [3.05, 3.63) is 65.7 Å². The summed E-state index contributed by atoms with van der Waals surface area (Å²) in [5.41, 5.74) is 1.53. The lowest BCUT2D eigenvalue weighted by Gasteiger charge is -2.27. The second kappa shape index (κ2) is 9.48. The highest BCUT2D eigenvalue weighted by atomic mass is 16.5. The standard InChI is InChI=1S/C24H25NO5/c1-3-5-11-19(26)20-21(16-9-7-6-8-10-16)25(23(28)22(20)27)18-14-12-17(13-15-18)24(29)30-4-2/h6-10,12-15,20-21H,3-5,11H2,1-2H3. The van der Waals surface area contributed by atoms with E-state index in [0.29, 0.717) is 17.7 Å². The molecule has 1 saturated heterocycles. The molecule has 0 spiro atoms. The predicted octanol–water partition coefficient (Wildman–Crippen LogP) is 3.90. The summed E-state index contributed by atoms with van der Waals surface area (Å²) in [5, 5.41) is 0. The van der Waals surface area contributed by atoms with Gasteiger partial charge in [-0.15, -0.1) is 0 Å². The topological polar surface area (TPSA) is 80.8 Å². The van der Waals surface area contributed by atoms with E-state index < -0.39 is 29.6 Å². The fraction of sp³-hybridized carbons (Fsp3) is 0.333. The molecule has 0 saturated carbocycles. The maximum Gasteiger partial charge on any atom is 0.338 e. The van der Waals surface area contributed by atoms with Crippen LogP contribution in [0.25, 0.3) is 0 Å². The van der Waals surface area contributed by atoms with Crippen LogP contribution in [0.15, 0.2) is 54.6 Å². The number of nitrogens with zero attached hydrogens (tertiary/aromatic N) is 1. The van der Waals surface area contributed by atoms with E-state index in [-0.39, 0.29) is 18.8 Å². The average Bonchev–Trinajstić information content (AvgIpc) is 3.03. The number of esters is 1. The summed E-state index contributed by atoms with van der Waals surface area (Å²) in [6, 6.07) is 14.7. The molecule has 2 atom stereocenters. The minimum absolute atomic E-state index is 0.213. The Morgan fingerprint density at radius 1 is 0.967 bits per heavy atom. The largest absolute Gasteiger partial charge is 0.462 e. The van der Waals surface area contributed by atoms with Crippen molar-refractivity contribution < 1.29 is 23.9 Å². The number of carbonyl (C=O) groups is 4. The summed E-state index contributed by atoms with van der Waals surface area (Å²) in [7, 11) is 0. The molecule has 156 valence electrons. The van der Waals surface area contributed by atoms with E-state index in [0.717, 1.165) is 12.0 Å². The van der Waals surface area contributed by atoms with Crippen LogP contribution < -0.4 is 4.90 Å². The first kappa shape index (κ1) is 21.4. The Morgan fingerprint density at radius 2 is 1.63 bits per heavy atom. The Hall–Kier alpha value is -3.28. The second-order valence-corrected chi connectivity index (χ2v) is 7.21. The number of amides is 1. The van der Waals surface area contributed by atoms with Crippen molar-refractivity contribution in [2.75, 3.05) is 11.5 Å². The molecule has 0 aliphatic carbocycles. The Labute approximate surface area is 175 Å². The van der Waals surface area contributed by atoms with Gasteiger partial charge in [-0.3, -0.25) is 19.3 Å². The molecule has 2 aromatic rings. The van der Waals surface area contributed by atoms with Crippen LogP contribution in [0.1, 0.15) is 55.1 Å². The minimum Gasteiger partial charge on any atom is -0.462 e. The molecule has 1 aliphatic heterocycles. The van der Waals surface area contributed by atoms with E-state index in [1.54, 1.807) is 31.2 Å². The summed E-state index contributed by atoms with van der Waals surface area (Å²) in [6.45, 7) is 3.96. The fourth-order valence-corrected chi connectivity index (χ4v) is 3.74. The number of anilines is 1. The molecule has 30 heavy (non-hydrogen) atoms. The normalized spacial score (nSPS) is 18.5. The molecule has 2 aromatic carbocycles. The quantitative estimate of drug-likeness (QED) is 0.377. The molecule has 6 nitrogen and oxygen atoms in total. The van der Waals surface area contributed by atoms with E-state index in [2.05, 4.69) is 0 Å². The zero-order valence-electron chi connectivity index (χ0n) is 17.2. The number of carbonyl (C=O) groups excluding carboxylic acids is 4. The summed E-state index contributed by atoms with van der Waals surface area (Å²) in [5.74, 6) is -3.09. The number of ketones is 2. The smallest absolute Gasteiger partial charge is 0.338 e. The molecule has 2 unspecified atom stereocenters. The van der Waals surface area contributed by atoms with Crippen LogP contribution in [-0.4, -0.2) is 30.0 Å².